The predicted molar refractivity (Wildman–Crippen MR) is 118 cm³/mol. The highest BCUT2D eigenvalue weighted by Gasteiger charge is 2.28. The van der Waals surface area contributed by atoms with E-state index in [1.54, 1.807) is 12.3 Å². The van der Waals surface area contributed by atoms with Gasteiger partial charge >= 0.3 is 0 Å². The Morgan fingerprint density at radius 2 is 1.86 bits per heavy atom. The maximum absolute atomic E-state index is 12.7. The van der Waals surface area contributed by atoms with Crippen LogP contribution in [0, 0.1) is 0 Å². The molecule has 1 heterocycles. The van der Waals surface area contributed by atoms with Crippen LogP contribution in [0.2, 0.25) is 10.0 Å². The molecule has 1 aliphatic rings. The molecule has 0 saturated heterocycles. The Labute approximate surface area is 180 Å². The molecule has 2 atom stereocenters. The average molecular weight is 426 g/mol. The highest BCUT2D eigenvalue weighted by Crippen LogP contribution is 2.42. The third-order valence-corrected chi connectivity index (χ3v) is 6.18. The molecule has 4 nitrogen and oxygen atoms in total. The van der Waals surface area contributed by atoms with Crippen molar-refractivity contribution in [3.8, 4) is 0 Å². The number of pyridine rings is 1. The fraction of sp³-hybridized carbons (Fsp3) is 0.217. The van der Waals surface area contributed by atoms with Gasteiger partial charge in [-0.15, -0.1) is 0 Å². The monoisotopic (exact) mass is 425 g/mol. The van der Waals surface area contributed by atoms with Gasteiger partial charge in [-0.25, -0.2) is 4.98 Å². The minimum Gasteiger partial charge on any atom is -0.313 e. The molecule has 0 spiro atoms. The van der Waals surface area contributed by atoms with Crippen molar-refractivity contribution >= 4 is 34.9 Å². The summed E-state index contributed by atoms with van der Waals surface area (Å²) in [6, 6.07) is 17.4. The number of amides is 1. The van der Waals surface area contributed by atoms with Gasteiger partial charge in [0.15, 0.2) is 0 Å². The maximum atomic E-state index is 12.7. The molecule has 2 aromatic carbocycles. The Bertz CT molecular complexity index is 1040. The molecule has 0 fully saturated rings. The van der Waals surface area contributed by atoms with Crippen molar-refractivity contribution in [3.05, 3.63) is 93.1 Å². The molecule has 1 aromatic heterocycles. The van der Waals surface area contributed by atoms with Gasteiger partial charge in [0.25, 0.3) is 5.91 Å². The SMILES string of the molecule is CNC1CCC(c2ccc(Cl)c(Cl)c2)c2ccc(C(=O)Nc3ccccn3)cc21. The summed E-state index contributed by atoms with van der Waals surface area (Å²) in [4.78, 5) is 16.9. The van der Waals surface area contributed by atoms with Gasteiger partial charge in [0.1, 0.15) is 5.82 Å². The van der Waals surface area contributed by atoms with E-state index in [1.807, 2.05) is 49.5 Å². The predicted octanol–water partition coefficient (Wildman–Crippen LogP) is 5.83. The first-order chi connectivity index (χ1) is 14.1. The Morgan fingerprint density at radius 1 is 1.00 bits per heavy atom. The first kappa shape index (κ1) is 19.9. The maximum Gasteiger partial charge on any atom is 0.256 e. The van der Waals surface area contributed by atoms with Gasteiger partial charge in [0.05, 0.1) is 10.0 Å². The van der Waals surface area contributed by atoms with Gasteiger partial charge in [-0.05, 0) is 73.0 Å². The number of aromatic nitrogens is 1. The number of rotatable bonds is 4. The Hall–Kier alpha value is -2.40. The molecule has 0 bridgehead atoms. The molecule has 2 unspecified atom stereocenters. The van der Waals surface area contributed by atoms with Gasteiger partial charge in [-0.3, -0.25) is 4.79 Å². The lowest BCUT2D eigenvalue weighted by molar-refractivity contribution is 0.102. The largest absolute Gasteiger partial charge is 0.313 e. The summed E-state index contributed by atoms with van der Waals surface area (Å²) >= 11 is 12.4. The summed E-state index contributed by atoms with van der Waals surface area (Å²) in [7, 11) is 1.95. The third-order valence-electron chi connectivity index (χ3n) is 5.44. The number of hydrogen-bond donors (Lipinski definition) is 2. The molecule has 29 heavy (non-hydrogen) atoms. The number of nitrogens with one attached hydrogen (secondary N) is 2. The van der Waals surface area contributed by atoms with Gasteiger partial charge in [-0.1, -0.05) is 41.4 Å². The molecule has 148 valence electrons. The van der Waals surface area contributed by atoms with Crippen LogP contribution < -0.4 is 10.6 Å². The zero-order valence-corrected chi connectivity index (χ0v) is 17.5. The first-order valence-corrected chi connectivity index (χ1v) is 10.3. The molecule has 4 rings (SSSR count). The molecule has 6 heteroatoms. The second kappa shape index (κ2) is 8.54. The van der Waals surface area contributed by atoms with Crippen LogP contribution in [-0.4, -0.2) is 17.9 Å². The standard InChI is InChI=1S/C23H21Cl2N3O/c1-26-21-10-8-16(14-6-9-19(24)20(25)13-14)17-7-5-15(12-18(17)21)23(29)28-22-4-2-3-11-27-22/h2-7,9,11-13,16,21,26H,8,10H2,1H3,(H,27,28,29). The fourth-order valence-electron chi connectivity index (χ4n) is 3.98. The van der Waals surface area contributed by atoms with Crippen molar-refractivity contribution in [1.29, 1.82) is 0 Å². The van der Waals surface area contributed by atoms with E-state index in [-0.39, 0.29) is 17.9 Å². The number of nitrogens with zero attached hydrogens (tertiary/aromatic N) is 1. The number of carbonyl (C=O) groups is 1. The van der Waals surface area contributed by atoms with Gasteiger partial charge in [-0.2, -0.15) is 0 Å². The minimum absolute atomic E-state index is 0.169. The topological polar surface area (TPSA) is 54.0 Å². The number of hydrogen-bond acceptors (Lipinski definition) is 3. The van der Waals surface area contributed by atoms with Gasteiger partial charge in [0.2, 0.25) is 0 Å². The molecule has 0 radical (unpaired) electrons. The Morgan fingerprint density at radius 3 is 2.59 bits per heavy atom. The van der Waals surface area contributed by atoms with E-state index >= 15 is 0 Å². The lowest BCUT2D eigenvalue weighted by atomic mass is 9.76. The van der Waals surface area contributed by atoms with Crippen LogP contribution >= 0.6 is 23.2 Å². The Kier molecular flexibility index (Phi) is 5.86. The molecular weight excluding hydrogens is 405 g/mol. The number of benzene rings is 2. The molecular formula is C23H21Cl2N3O. The summed E-state index contributed by atoms with van der Waals surface area (Å²) in [5, 5.41) is 7.35. The number of halogens is 2. The molecule has 1 amide bonds. The smallest absolute Gasteiger partial charge is 0.256 e. The van der Waals surface area contributed by atoms with Crippen LogP contribution in [0.5, 0.6) is 0 Å². The molecule has 1 aliphatic carbocycles. The van der Waals surface area contributed by atoms with Gasteiger partial charge in [0, 0.05) is 23.7 Å². The van der Waals surface area contributed by atoms with Crippen LogP contribution in [-0.2, 0) is 0 Å². The number of fused-ring (bicyclic) bond motifs is 1. The zero-order valence-electron chi connectivity index (χ0n) is 16.0. The van der Waals surface area contributed by atoms with E-state index in [0.717, 1.165) is 24.0 Å². The van der Waals surface area contributed by atoms with E-state index in [9.17, 15) is 4.79 Å². The highest BCUT2D eigenvalue weighted by molar-refractivity contribution is 6.42. The lowest BCUT2D eigenvalue weighted by Crippen LogP contribution is -2.25. The molecule has 0 aliphatic heterocycles. The molecule has 3 aromatic rings. The summed E-state index contributed by atoms with van der Waals surface area (Å²) in [6.45, 7) is 0. The van der Waals surface area contributed by atoms with Crippen molar-refractivity contribution < 1.29 is 4.79 Å². The minimum atomic E-state index is -0.169. The Balaban J connectivity index is 1.68. The van der Waals surface area contributed by atoms with Crippen LogP contribution in [0.4, 0.5) is 5.82 Å². The second-order valence-electron chi connectivity index (χ2n) is 7.16. The van der Waals surface area contributed by atoms with Crippen molar-refractivity contribution in [3.63, 3.8) is 0 Å². The number of anilines is 1. The van der Waals surface area contributed by atoms with Crippen LogP contribution in [0.25, 0.3) is 0 Å². The first-order valence-electron chi connectivity index (χ1n) is 9.55. The van der Waals surface area contributed by atoms with E-state index in [0.29, 0.717) is 21.4 Å². The summed E-state index contributed by atoms with van der Waals surface area (Å²) in [5.74, 6) is 0.587. The quantitative estimate of drug-likeness (QED) is 0.552. The van der Waals surface area contributed by atoms with Crippen molar-refractivity contribution in [2.45, 2.75) is 24.8 Å². The van der Waals surface area contributed by atoms with E-state index in [2.05, 4.69) is 21.7 Å². The van der Waals surface area contributed by atoms with Crippen molar-refractivity contribution in [2.24, 2.45) is 0 Å². The van der Waals surface area contributed by atoms with Crippen molar-refractivity contribution in [1.82, 2.24) is 10.3 Å². The number of carbonyl (C=O) groups excluding carboxylic acids is 1. The van der Waals surface area contributed by atoms with E-state index in [4.69, 9.17) is 23.2 Å². The second-order valence-corrected chi connectivity index (χ2v) is 7.97. The van der Waals surface area contributed by atoms with Crippen LogP contribution in [0.3, 0.4) is 0 Å². The lowest BCUT2D eigenvalue weighted by Gasteiger charge is -2.32. The summed E-state index contributed by atoms with van der Waals surface area (Å²) in [6.07, 6.45) is 3.62. The molecule has 2 N–H and O–H groups in total. The van der Waals surface area contributed by atoms with Gasteiger partial charge < -0.3 is 10.6 Å². The van der Waals surface area contributed by atoms with Crippen molar-refractivity contribution in [2.75, 3.05) is 12.4 Å². The summed E-state index contributed by atoms with van der Waals surface area (Å²) < 4.78 is 0. The summed E-state index contributed by atoms with van der Waals surface area (Å²) in [5.41, 5.74) is 4.11. The highest BCUT2D eigenvalue weighted by atomic mass is 35.5. The zero-order chi connectivity index (χ0) is 20.4. The fourth-order valence-corrected chi connectivity index (χ4v) is 4.29. The van der Waals surface area contributed by atoms with Crippen LogP contribution in [0.15, 0.2) is 60.8 Å². The third kappa shape index (κ3) is 4.15. The van der Waals surface area contributed by atoms with Crippen LogP contribution in [0.1, 0.15) is 51.8 Å². The molecule has 0 saturated carbocycles. The average Bonchev–Trinajstić information content (AvgIpc) is 2.75. The van der Waals surface area contributed by atoms with E-state index in [1.165, 1.54) is 5.56 Å². The van der Waals surface area contributed by atoms with E-state index < -0.39 is 0 Å². The normalized spacial score (nSPS) is 18.2.